The zero-order chi connectivity index (χ0) is 18.9. The first-order valence-electron chi connectivity index (χ1n) is 7.53. The van der Waals surface area contributed by atoms with Crippen LogP contribution >= 0.6 is 11.3 Å². The van der Waals surface area contributed by atoms with Crippen molar-refractivity contribution in [3.8, 4) is 0 Å². The highest BCUT2D eigenvalue weighted by molar-refractivity contribution is 7.90. The maximum atomic E-state index is 13.0. The fraction of sp³-hybridized carbons (Fsp3) is 0.176. The summed E-state index contributed by atoms with van der Waals surface area (Å²) in [5, 5.41) is 0. The number of aryl methyl sites for hydroxylation is 1. The van der Waals surface area contributed by atoms with Crippen LogP contribution in [-0.4, -0.2) is 26.1 Å². The van der Waals surface area contributed by atoms with Gasteiger partial charge in [0.2, 0.25) is 4.80 Å². The third-order valence-electron chi connectivity index (χ3n) is 3.66. The molecule has 0 amide bonds. The Morgan fingerprint density at radius 2 is 1.92 bits per heavy atom. The lowest BCUT2D eigenvalue weighted by Gasteiger charge is -2.04. The molecule has 0 saturated carbocycles. The lowest BCUT2D eigenvalue weighted by Crippen LogP contribution is -2.22. The van der Waals surface area contributed by atoms with Crippen molar-refractivity contribution in [2.24, 2.45) is 4.40 Å². The zero-order valence-electron chi connectivity index (χ0n) is 14.0. The van der Waals surface area contributed by atoms with Crippen molar-refractivity contribution in [3.63, 3.8) is 0 Å². The molecule has 0 radical (unpaired) electrons. The summed E-state index contributed by atoms with van der Waals surface area (Å²) in [6.45, 7) is 1.74. The van der Waals surface area contributed by atoms with E-state index in [-0.39, 0.29) is 16.2 Å². The second kappa shape index (κ2) is 7.00. The zero-order valence-corrected chi connectivity index (χ0v) is 15.6. The molecule has 0 N–H and O–H groups in total. The van der Waals surface area contributed by atoms with Crippen molar-refractivity contribution in [2.45, 2.75) is 18.4 Å². The van der Waals surface area contributed by atoms with Crippen molar-refractivity contribution >= 4 is 37.5 Å². The molecule has 1 heterocycles. The molecule has 0 saturated heterocycles. The molecular formula is C17H15FN2O4S2. The minimum absolute atomic E-state index is 0.128. The van der Waals surface area contributed by atoms with Gasteiger partial charge < -0.3 is 9.30 Å². The number of aromatic nitrogens is 1. The van der Waals surface area contributed by atoms with E-state index in [2.05, 4.69) is 4.40 Å². The van der Waals surface area contributed by atoms with Crippen LogP contribution in [0.2, 0.25) is 0 Å². The summed E-state index contributed by atoms with van der Waals surface area (Å²) in [5.41, 5.74) is 1.68. The van der Waals surface area contributed by atoms with Crippen LogP contribution in [0.15, 0.2) is 51.8 Å². The Hall–Kier alpha value is -2.52. The molecule has 0 bridgehead atoms. The third-order valence-corrected chi connectivity index (χ3v) is 6.10. The molecule has 0 unspecified atom stereocenters. The topological polar surface area (TPSA) is 77.7 Å². The van der Waals surface area contributed by atoms with E-state index in [1.807, 2.05) is 19.1 Å². The molecule has 6 nitrogen and oxygen atoms in total. The standard InChI is InChI=1S/C17H15FN2O4S2/c1-11-3-8-14-15(9-11)25-17(20(14)10-16(21)24-2)19-26(22,23)13-6-4-12(18)5-7-13/h3-9H,10H2,1-2H3/b19-17-. The maximum Gasteiger partial charge on any atom is 0.325 e. The van der Waals surface area contributed by atoms with Crippen LogP contribution in [0.3, 0.4) is 0 Å². The first-order chi connectivity index (χ1) is 12.3. The summed E-state index contributed by atoms with van der Waals surface area (Å²) in [5.74, 6) is -1.06. The van der Waals surface area contributed by atoms with Crippen molar-refractivity contribution < 1.29 is 22.3 Å². The third kappa shape index (κ3) is 3.68. The summed E-state index contributed by atoms with van der Waals surface area (Å²) in [6, 6.07) is 9.96. The number of carbonyl (C=O) groups excluding carboxylic acids is 1. The number of rotatable bonds is 4. The van der Waals surface area contributed by atoms with E-state index < -0.39 is 21.8 Å². The summed E-state index contributed by atoms with van der Waals surface area (Å²) < 4.78 is 49.0. The second-order valence-electron chi connectivity index (χ2n) is 5.54. The number of hydrogen-bond donors (Lipinski definition) is 0. The van der Waals surface area contributed by atoms with Gasteiger partial charge in [-0.15, -0.1) is 4.40 Å². The van der Waals surface area contributed by atoms with E-state index in [0.717, 1.165) is 45.9 Å². The first-order valence-corrected chi connectivity index (χ1v) is 9.79. The van der Waals surface area contributed by atoms with Gasteiger partial charge in [-0.1, -0.05) is 17.4 Å². The number of benzene rings is 2. The van der Waals surface area contributed by atoms with Gasteiger partial charge in [-0.25, -0.2) is 4.39 Å². The Kier molecular flexibility index (Phi) is 4.92. The predicted molar refractivity (Wildman–Crippen MR) is 95.7 cm³/mol. The number of halogens is 1. The van der Waals surface area contributed by atoms with Crippen molar-refractivity contribution in [2.75, 3.05) is 7.11 Å². The number of hydrogen-bond acceptors (Lipinski definition) is 5. The molecule has 1 aromatic heterocycles. The van der Waals surface area contributed by atoms with Crippen molar-refractivity contribution in [1.82, 2.24) is 4.57 Å². The number of thiazole rings is 1. The largest absolute Gasteiger partial charge is 0.468 e. The normalized spacial score (nSPS) is 12.5. The molecule has 0 aliphatic carbocycles. The summed E-state index contributed by atoms with van der Waals surface area (Å²) in [4.78, 5) is 11.8. The number of carbonyl (C=O) groups is 1. The first kappa shape index (κ1) is 18.3. The lowest BCUT2D eigenvalue weighted by molar-refractivity contribution is -0.141. The number of esters is 1. The Labute approximate surface area is 153 Å². The molecule has 136 valence electrons. The number of fused-ring (bicyclic) bond motifs is 1. The lowest BCUT2D eigenvalue weighted by atomic mass is 10.2. The molecule has 2 aromatic carbocycles. The molecule has 26 heavy (non-hydrogen) atoms. The molecule has 9 heteroatoms. The fourth-order valence-corrected chi connectivity index (χ4v) is 4.69. The molecule has 3 aromatic rings. The van der Waals surface area contributed by atoms with Crippen LogP contribution < -0.4 is 4.80 Å². The predicted octanol–water partition coefficient (Wildman–Crippen LogP) is 2.61. The maximum absolute atomic E-state index is 13.0. The van der Waals surface area contributed by atoms with E-state index >= 15 is 0 Å². The summed E-state index contributed by atoms with van der Waals surface area (Å²) in [7, 11) is -2.80. The number of ether oxygens (including phenoxy) is 1. The molecule has 0 spiro atoms. The van der Waals surface area contributed by atoms with Gasteiger partial charge in [0.15, 0.2) is 0 Å². The highest BCUT2D eigenvalue weighted by atomic mass is 32.2. The van der Waals surface area contributed by atoms with Crippen LogP contribution in [0.25, 0.3) is 10.2 Å². The minimum atomic E-state index is -4.06. The van der Waals surface area contributed by atoms with Crippen LogP contribution in [-0.2, 0) is 26.1 Å². The Balaban J connectivity index is 2.22. The average Bonchev–Trinajstić information content (AvgIpc) is 2.90. The number of nitrogens with zero attached hydrogens (tertiary/aromatic N) is 2. The van der Waals surface area contributed by atoms with Crippen LogP contribution in [0.5, 0.6) is 0 Å². The van der Waals surface area contributed by atoms with Gasteiger partial charge in [0.25, 0.3) is 10.0 Å². The minimum Gasteiger partial charge on any atom is -0.468 e. The number of methoxy groups -OCH3 is 1. The molecule has 0 atom stereocenters. The van der Waals surface area contributed by atoms with E-state index in [4.69, 9.17) is 4.74 Å². The molecule has 3 rings (SSSR count). The van der Waals surface area contributed by atoms with Gasteiger partial charge in [-0.05, 0) is 48.9 Å². The van der Waals surface area contributed by atoms with Gasteiger partial charge in [0.1, 0.15) is 12.4 Å². The monoisotopic (exact) mass is 394 g/mol. The highest BCUT2D eigenvalue weighted by Crippen LogP contribution is 2.20. The van der Waals surface area contributed by atoms with Crippen molar-refractivity contribution in [1.29, 1.82) is 0 Å². The summed E-state index contributed by atoms with van der Waals surface area (Å²) in [6.07, 6.45) is 0. The van der Waals surface area contributed by atoms with E-state index in [0.29, 0.717) is 5.52 Å². The van der Waals surface area contributed by atoms with Gasteiger partial charge in [-0.3, -0.25) is 4.79 Å². The van der Waals surface area contributed by atoms with Crippen LogP contribution in [0, 0.1) is 12.7 Å². The highest BCUT2D eigenvalue weighted by Gasteiger charge is 2.16. The second-order valence-corrected chi connectivity index (χ2v) is 8.15. The van der Waals surface area contributed by atoms with Crippen molar-refractivity contribution in [3.05, 3.63) is 58.6 Å². The van der Waals surface area contributed by atoms with Gasteiger partial charge in [0.05, 0.1) is 22.2 Å². The van der Waals surface area contributed by atoms with E-state index in [9.17, 15) is 17.6 Å². The van der Waals surface area contributed by atoms with E-state index in [1.54, 1.807) is 6.07 Å². The van der Waals surface area contributed by atoms with Gasteiger partial charge in [-0.2, -0.15) is 8.42 Å². The Bertz CT molecular complexity index is 1150. The quantitative estimate of drug-likeness (QED) is 0.638. The van der Waals surface area contributed by atoms with Crippen LogP contribution in [0.1, 0.15) is 5.56 Å². The molecule has 0 aliphatic heterocycles. The average molecular weight is 394 g/mol. The van der Waals surface area contributed by atoms with E-state index in [1.165, 1.54) is 11.7 Å². The smallest absolute Gasteiger partial charge is 0.325 e. The fourth-order valence-electron chi connectivity index (χ4n) is 2.36. The number of sulfonamides is 1. The molecular weight excluding hydrogens is 379 g/mol. The molecule has 0 fully saturated rings. The van der Waals surface area contributed by atoms with Crippen LogP contribution in [0.4, 0.5) is 4.39 Å². The van der Waals surface area contributed by atoms with Gasteiger partial charge >= 0.3 is 5.97 Å². The Morgan fingerprint density at radius 3 is 2.58 bits per heavy atom. The Morgan fingerprint density at radius 1 is 1.23 bits per heavy atom. The summed E-state index contributed by atoms with van der Waals surface area (Å²) >= 11 is 1.15. The SMILES string of the molecule is COC(=O)Cn1/c(=N/S(=O)(=O)c2ccc(F)cc2)sc2cc(C)ccc21. The van der Waals surface area contributed by atoms with Gasteiger partial charge in [0, 0.05) is 0 Å². The molecule has 0 aliphatic rings.